The molecule has 2 saturated heterocycles. The van der Waals surface area contributed by atoms with Crippen LogP contribution in [0.5, 0.6) is 17.2 Å². The Kier molecular flexibility index (Phi) is 7.99. The minimum Gasteiger partial charge on any atom is -0.493 e. The van der Waals surface area contributed by atoms with E-state index >= 15 is 0 Å². The predicted octanol–water partition coefficient (Wildman–Crippen LogP) is 5.14. The minimum atomic E-state index is -0.0887. The van der Waals surface area contributed by atoms with E-state index in [0.29, 0.717) is 17.1 Å². The van der Waals surface area contributed by atoms with Crippen molar-refractivity contribution < 1.29 is 14.2 Å². The highest BCUT2D eigenvalue weighted by atomic mass is 16.5. The number of piperidine rings is 2. The van der Waals surface area contributed by atoms with Crippen molar-refractivity contribution in [1.82, 2.24) is 9.80 Å². The first-order valence-corrected chi connectivity index (χ1v) is 13.5. The first-order chi connectivity index (χ1) is 17.6. The third-order valence-electron chi connectivity index (χ3n) is 7.93. The highest BCUT2D eigenvalue weighted by molar-refractivity contribution is 5.45. The summed E-state index contributed by atoms with van der Waals surface area (Å²) in [6.45, 7) is 7.50. The lowest BCUT2D eigenvalue weighted by Crippen LogP contribution is -2.53. The lowest BCUT2D eigenvalue weighted by atomic mass is 9.84. The molecule has 0 radical (unpaired) electrons. The fraction of sp³-hybridized carbons (Fsp3) is 0.567. The number of likely N-dealkylation sites (tertiary alicyclic amines) is 2. The van der Waals surface area contributed by atoms with Crippen molar-refractivity contribution in [3.05, 3.63) is 53.6 Å². The number of nitriles is 1. The zero-order valence-corrected chi connectivity index (χ0v) is 21.7. The van der Waals surface area contributed by atoms with Gasteiger partial charge in [0.15, 0.2) is 11.5 Å². The van der Waals surface area contributed by atoms with Crippen LogP contribution in [0.4, 0.5) is 0 Å². The maximum Gasteiger partial charge on any atom is 0.164 e. The lowest BCUT2D eigenvalue weighted by molar-refractivity contribution is 0.0274. The van der Waals surface area contributed by atoms with Crippen molar-refractivity contribution in [1.29, 1.82) is 5.26 Å². The second kappa shape index (κ2) is 11.5. The molecule has 5 rings (SSSR count). The van der Waals surface area contributed by atoms with Gasteiger partial charge in [-0.2, -0.15) is 5.26 Å². The lowest BCUT2D eigenvalue weighted by Gasteiger charge is -2.46. The number of nitrogens with zero attached hydrogens (tertiary/aromatic N) is 3. The van der Waals surface area contributed by atoms with E-state index in [2.05, 4.69) is 15.9 Å². The van der Waals surface area contributed by atoms with E-state index in [1.54, 1.807) is 14.2 Å². The number of benzene rings is 2. The van der Waals surface area contributed by atoms with Crippen molar-refractivity contribution in [2.45, 2.75) is 38.2 Å². The van der Waals surface area contributed by atoms with E-state index < -0.39 is 0 Å². The van der Waals surface area contributed by atoms with Gasteiger partial charge in [0.25, 0.3) is 0 Å². The standard InChI is InChI=1S/C30H39N3O3/c1-34-29-12-11-27(15-30(29)35-2)36-28(26-9-7-22(16-31)8-10-26)4-3-13-32-18-24-14-25(19-32)21-33(20-24)17-23-5-6-23/h7-12,15,23-25,28H,3-6,13-14,17-21H2,1-2H3. The molecule has 2 heterocycles. The third kappa shape index (κ3) is 6.32. The first kappa shape index (κ1) is 24.9. The van der Waals surface area contributed by atoms with Gasteiger partial charge in [-0.1, -0.05) is 12.1 Å². The van der Waals surface area contributed by atoms with E-state index in [9.17, 15) is 5.26 Å². The molecule has 0 spiro atoms. The Labute approximate surface area is 215 Å². The molecule has 6 heteroatoms. The Balaban J connectivity index is 1.20. The average Bonchev–Trinajstić information content (AvgIpc) is 3.71. The van der Waals surface area contributed by atoms with Crippen LogP contribution in [0.2, 0.25) is 0 Å². The van der Waals surface area contributed by atoms with Crippen molar-refractivity contribution in [2.24, 2.45) is 17.8 Å². The molecular weight excluding hydrogens is 450 g/mol. The Morgan fingerprint density at radius 3 is 2.25 bits per heavy atom. The summed E-state index contributed by atoms with van der Waals surface area (Å²) in [4.78, 5) is 5.45. The summed E-state index contributed by atoms with van der Waals surface area (Å²) in [6.07, 6.45) is 6.21. The number of methoxy groups -OCH3 is 2. The number of rotatable bonds is 11. The van der Waals surface area contributed by atoms with Crippen LogP contribution < -0.4 is 14.2 Å². The molecule has 3 fully saturated rings. The molecule has 0 aromatic heterocycles. The summed E-state index contributed by atoms with van der Waals surface area (Å²) in [6, 6.07) is 15.7. The summed E-state index contributed by atoms with van der Waals surface area (Å²) in [5.41, 5.74) is 1.76. The number of ether oxygens (including phenoxy) is 3. The van der Waals surface area contributed by atoms with Gasteiger partial charge in [-0.15, -0.1) is 0 Å². The van der Waals surface area contributed by atoms with Crippen molar-refractivity contribution in [3.8, 4) is 23.3 Å². The molecule has 0 amide bonds. The topological polar surface area (TPSA) is 58.0 Å². The quantitative estimate of drug-likeness (QED) is 0.436. The molecule has 1 aliphatic carbocycles. The van der Waals surface area contributed by atoms with Crippen LogP contribution in [0.3, 0.4) is 0 Å². The number of hydrogen-bond acceptors (Lipinski definition) is 6. The van der Waals surface area contributed by atoms with Crippen molar-refractivity contribution in [2.75, 3.05) is 53.5 Å². The van der Waals surface area contributed by atoms with Gasteiger partial charge in [0.05, 0.1) is 25.9 Å². The second-order valence-electron chi connectivity index (χ2n) is 10.9. The number of hydrogen-bond donors (Lipinski definition) is 0. The summed E-state index contributed by atoms with van der Waals surface area (Å²) in [5, 5.41) is 9.21. The summed E-state index contributed by atoms with van der Waals surface area (Å²) < 4.78 is 17.3. The van der Waals surface area contributed by atoms with Gasteiger partial charge in [0.1, 0.15) is 11.9 Å². The van der Waals surface area contributed by atoms with Crippen LogP contribution in [0.25, 0.3) is 0 Å². The van der Waals surface area contributed by atoms with Gasteiger partial charge < -0.3 is 24.0 Å². The van der Waals surface area contributed by atoms with Crippen LogP contribution in [0, 0.1) is 29.1 Å². The molecule has 6 nitrogen and oxygen atoms in total. The highest BCUT2D eigenvalue weighted by Crippen LogP contribution is 2.36. The monoisotopic (exact) mass is 489 g/mol. The Morgan fingerprint density at radius 1 is 0.917 bits per heavy atom. The van der Waals surface area contributed by atoms with Crippen LogP contribution in [-0.4, -0.2) is 63.3 Å². The second-order valence-corrected chi connectivity index (χ2v) is 10.9. The third-order valence-corrected chi connectivity index (χ3v) is 7.93. The Bertz CT molecular complexity index is 1030. The van der Waals surface area contributed by atoms with Crippen molar-refractivity contribution in [3.63, 3.8) is 0 Å². The Morgan fingerprint density at radius 2 is 1.61 bits per heavy atom. The maximum absolute atomic E-state index is 9.21. The molecule has 2 aromatic carbocycles. The largest absolute Gasteiger partial charge is 0.493 e. The smallest absolute Gasteiger partial charge is 0.164 e. The van der Waals surface area contributed by atoms with E-state index in [1.807, 2.05) is 42.5 Å². The normalized spacial score (nSPS) is 23.0. The van der Waals surface area contributed by atoms with Crippen LogP contribution in [0.1, 0.15) is 49.3 Å². The molecule has 36 heavy (non-hydrogen) atoms. The molecule has 1 saturated carbocycles. The summed E-state index contributed by atoms with van der Waals surface area (Å²) in [7, 11) is 3.27. The van der Waals surface area contributed by atoms with E-state index in [4.69, 9.17) is 14.2 Å². The van der Waals surface area contributed by atoms with Crippen LogP contribution in [0.15, 0.2) is 42.5 Å². The van der Waals surface area contributed by atoms with Gasteiger partial charge in [0.2, 0.25) is 0 Å². The average molecular weight is 490 g/mol. The van der Waals surface area contributed by atoms with Gasteiger partial charge in [-0.25, -0.2) is 0 Å². The zero-order chi connectivity index (χ0) is 24.9. The molecule has 192 valence electrons. The van der Waals surface area contributed by atoms with Gasteiger partial charge in [-0.3, -0.25) is 0 Å². The predicted molar refractivity (Wildman–Crippen MR) is 141 cm³/mol. The summed E-state index contributed by atoms with van der Waals surface area (Å²) >= 11 is 0. The summed E-state index contributed by atoms with van der Waals surface area (Å²) in [5.74, 6) is 4.74. The molecular formula is C30H39N3O3. The van der Waals surface area contributed by atoms with Gasteiger partial charge in [0, 0.05) is 38.8 Å². The SMILES string of the molecule is COc1ccc(OC(CCCN2CC3CC(C2)CN(CC2CC2)C3)c2ccc(C#N)cc2)cc1OC. The first-order valence-electron chi connectivity index (χ1n) is 13.5. The van der Waals surface area contributed by atoms with Crippen LogP contribution >= 0.6 is 0 Å². The van der Waals surface area contributed by atoms with Crippen molar-refractivity contribution >= 4 is 0 Å². The fourth-order valence-electron chi connectivity index (χ4n) is 6.11. The fourth-order valence-corrected chi connectivity index (χ4v) is 6.11. The Hall–Kier alpha value is -2.75. The van der Waals surface area contributed by atoms with Gasteiger partial charge >= 0.3 is 0 Å². The zero-order valence-electron chi connectivity index (χ0n) is 21.7. The number of fused-ring (bicyclic) bond motifs is 2. The minimum absolute atomic E-state index is 0.0887. The molecule has 3 unspecified atom stereocenters. The highest BCUT2D eigenvalue weighted by Gasteiger charge is 2.36. The molecule has 2 aliphatic heterocycles. The maximum atomic E-state index is 9.21. The van der Waals surface area contributed by atoms with Gasteiger partial charge in [-0.05, 0) is 86.2 Å². The molecule has 3 aliphatic rings. The molecule has 0 N–H and O–H groups in total. The van der Waals surface area contributed by atoms with E-state index in [0.717, 1.165) is 48.5 Å². The van der Waals surface area contributed by atoms with Crippen LogP contribution in [-0.2, 0) is 0 Å². The molecule has 3 atom stereocenters. The van der Waals surface area contributed by atoms with E-state index in [1.165, 1.54) is 52.0 Å². The molecule has 2 aromatic rings. The molecule has 2 bridgehead atoms. The van der Waals surface area contributed by atoms with E-state index in [-0.39, 0.29) is 6.10 Å².